The van der Waals surface area contributed by atoms with Crippen LogP contribution in [0.4, 0.5) is 11.4 Å². The second kappa shape index (κ2) is 6.64. The van der Waals surface area contributed by atoms with Gasteiger partial charge in [0.2, 0.25) is 5.91 Å². The number of nitrogens with zero attached hydrogens (tertiary/aromatic N) is 1. The molecular weight excluding hydrogens is 348 g/mol. The third kappa shape index (κ3) is 2.87. The predicted octanol–water partition coefficient (Wildman–Crippen LogP) is 4.44. The summed E-state index contributed by atoms with van der Waals surface area (Å²) in [4.78, 5) is 26.8. The Labute approximate surface area is 163 Å². The van der Waals surface area contributed by atoms with Gasteiger partial charge in [-0.2, -0.15) is 0 Å². The molecule has 0 fully saturated rings. The lowest BCUT2D eigenvalue weighted by Crippen LogP contribution is -2.31. The molecule has 1 N–H and O–H groups in total. The van der Waals surface area contributed by atoms with E-state index in [1.54, 1.807) is 0 Å². The van der Waals surface area contributed by atoms with E-state index in [4.69, 9.17) is 0 Å². The van der Waals surface area contributed by atoms with Gasteiger partial charge in [0.05, 0.1) is 12.1 Å². The van der Waals surface area contributed by atoms with Gasteiger partial charge in [-0.3, -0.25) is 9.59 Å². The number of nitrogens with one attached hydrogen (secondary N) is 1. The monoisotopic (exact) mass is 368 g/mol. The van der Waals surface area contributed by atoms with Crippen molar-refractivity contribution in [2.24, 2.45) is 0 Å². The molecule has 0 aliphatic carbocycles. The zero-order valence-electron chi connectivity index (χ0n) is 15.4. The molecule has 4 heteroatoms. The molecule has 28 heavy (non-hydrogen) atoms. The van der Waals surface area contributed by atoms with Crippen LogP contribution in [-0.2, 0) is 17.6 Å². The van der Waals surface area contributed by atoms with Crippen LogP contribution < -0.4 is 10.2 Å². The van der Waals surface area contributed by atoms with E-state index in [2.05, 4.69) is 17.4 Å². The van der Waals surface area contributed by atoms with Crippen molar-refractivity contribution in [3.05, 3.63) is 83.4 Å². The lowest BCUT2D eigenvalue weighted by molar-refractivity contribution is -0.117. The molecule has 0 bridgehead atoms. The minimum absolute atomic E-state index is 0.135. The zero-order chi connectivity index (χ0) is 19.1. The molecule has 0 saturated carbocycles. The third-order valence-electron chi connectivity index (χ3n) is 5.52. The minimum Gasteiger partial charge on any atom is -0.322 e. The van der Waals surface area contributed by atoms with E-state index in [9.17, 15) is 9.59 Å². The summed E-state index contributed by atoms with van der Waals surface area (Å²) in [6.07, 6.45) is 2.34. The van der Waals surface area contributed by atoms with Gasteiger partial charge in [-0.05, 0) is 59.4 Å². The predicted molar refractivity (Wildman–Crippen MR) is 111 cm³/mol. The van der Waals surface area contributed by atoms with Gasteiger partial charge in [0.15, 0.2) is 0 Å². The highest BCUT2D eigenvalue weighted by atomic mass is 16.2. The van der Waals surface area contributed by atoms with Crippen LogP contribution in [0.25, 0.3) is 11.1 Å². The number of carbonyl (C=O) groups is 2. The van der Waals surface area contributed by atoms with E-state index >= 15 is 0 Å². The molecule has 3 aromatic rings. The summed E-state index contributed by atoms with van der Waals surface area (Å²) >= 11 is 0. The van der Waals surface area contributed by atoms with Crippen molar-refractivity contribution in [1.82, 2.24) is 0 Å². The number of amides is 2. The Morgan fingerprint density at radius 2 is 1.61 bits per heavy atom. The highest BCUT2D eigenvalue weighted by Crippen LogP contribution is 2.38. The van der Waals surface area contributed by atoms with E-state index < -0.39 is 0 Å². The summed E-state index contributed by atoms with van der Waals surface area (Å²) in [5.74, 6) is 0.0275. The average Bonchev–Trinajstić information content (AvgIpc) is 3.05. The summed E-state index contributed by atoms with van der Waals surface area (Å²) in [6.45, 7) is 0.804. The van der Waals surface area contributed by atoms with E-state index in [-0.39, 0.29) is 11.8 Å². The normalized spacial score (nSPS) is 14.7. The number of hydrogen-bond acceptors (Lipinski definition) is 2. The van der Waals surface area contributed by atoms with Crippen LogP contribution in [0.15, 0.2) is 66.7 Å². The molecule has 3 aromatic carbocycles. The Hall–Kier alpha value is -3.40. The van der Waals surface area contributed by atoms with Crippen LogP contribution in [0.1, 0.15) is 27.9 Å². The third-order valence-corrected chi connectivity index (χ3v) is 5.52. The van der Waals surface area contributed by atoms with Gasteiger partial charge >= 0.3 is 0 Å². The fourth-order valence-electron chi connectivity index (χ4n) is 4.20. The van der Waals surface area contributed by atoms with Crippen molar-refractivity contribution in [2.45, 2.75) is 19.3 Å². The van der Waals surface area contributed by atoms with Gasteiger partial charge in [-0.15, -0.1) is 0 Å². The Kier molecular flexibility index (Phi) is 3.97. The highest BCUT2D eigenvalue weighted by molar-refractivity contribution is 6.06. The van der Waals surface area contributed by atoms with Crippen LogP contribution in [0.2, 0.25) is 0 Å². The van der Waals surface area contributed by atoms with Crippen LogP contribution in [0.3, 0.4) is 0 Å². The van der Waals surface area contributed by atoms with Crippen molar-refractivity contribution >= 4 is 23.2 Å². The first-order valence-electron chi connectivity index (χ1n) is 9.62. The molecule has 0 aromatic heterocycles. The molecule has 2 heterocycles. The first-order chi connectivity index (χ1) is 13.7. The molecule has 2 aliphatic rings. The van der Waals surface area contributed by atoms with Crippen molar-refractivity contribution in [3.8, 4) is 11.1 Å². The summed E-state index contributed by atoms with van der Waals surface area (Å²) in [6, 6.07) is 21.7. The Morgan fingerprint density at radius 1 is 0.893 bits per heavy atom. The smallest absolute Gasteiger partial charge is 0.255 e. The van der Waals surface area contributed by atoms with Gasteiger partial charge in [-0.25, -0.2) is 0 Å². The summed E-state index contributed by atoms with van der Waals surface area (Å²) in [7, 11) is 0. The van der Waals surface area contributed by atoms with Crippen molar-refractivity contribution in [1.29, 1.82) is 0 Å². The maximum Gasteiger partial charge on any atom is 0.255 e. The number of anilines is 2. The zero-order valence-corrected chi connectivity index (χ0v) is 15.4. The minimum atomic E-state index is -0.135. The van der Waals surface area contributed by atoms with Gasteiger partial charge in [0.25, 0.3) is 5.91 Å². The SMILES string of the molecule is O=C(Nc1cc2c3c(c1)CC(=O)N3CCC2)c1ccc(-c2ccccc2)cc1. The quantitative estimate of drug-likeness (QED) is 0.743. The van der Waals surface area contributed by atoms with Crippen LogP contribution in [0.5, 0.6) is 0 Å². The molecule has 0 saturated heterocycles. The molecule has 0 radical (unpaired) electrons. The molecule has 138 valence electrons. The van der Waals surface area contributed by atoms with E-state index in [1.807, 2.05) is 59.5 Å². The molecule has 2 amide bonds. The van der Waals surface area contributed by atoms with Gasteiger partial charge < -0.3 is 10.2 Å². The van der Waals surface area contributed by atoms with Gasteiger partial charge in [-0.1, -0.05) is 42.5 Å². The molecule has 4 nitrogen and oxygen atoms in total. The fraction of sp³-hybridized carbons (Fsp3) is 0.167. The van der Waals surface area contributed by atoms with Crippen molar-refractivity contribution in [3.63, 3.8) is 0 Å². The first kappa shape index (κ1) is 16.8. The summed E-state index contributed by atoms with van der Waals surface area (Å²) < 4.78 is 0. The summed E-state index contributed by atoms with van der Waals surface area (Å²) in [5, 5.41) is 3.01. The molecular formula is C24H20N2O2. The van der Waals surface area contributed by atoms with E-state index in [0.29, 0.717) is 12.0 Å². The van der Waals surface area contributed by atoms with Crippen molar-refractivity contribution < 1.29 is 9.59 Å². The average molecular weight is 368 g/mol. The van der Waals surface area contributed by atoms with Crippen LogP contribution >= 0.6 is 0 Å². The fourth-order valence-corrected chi connectivity index (χ4v) is 4.20. The number of benzene rings is 3. The number of aryl methyl sites for hydroxylation is 1. The molecule has 2 aliphatic heterocycles. The van der Waals surface area contributed by atoms with Crippen LogP contribution in [-0.4, -0.2) is 18.4 Å². The number of carbonyl (C=O) groups excluding carboxylic acids is 2. The van der Waals surface area contributed by atoms with Crippen LogP contribution in [0, 0.1) is 0 Å². The van der Waals surface area contributed by atoms with Gasteiger partial charge in [0.1, 0.15) is 0 Å². The van der Waals surface area contributed by atoms with Gasteiger partial charge in [0, 0.05) is 17.8 Å². The number of hydrogen-bond donors (Lipinski definition) is 1. The lowest BCUT2D eigenvalue weighted by Gasteiger charge is -2.26. The standard InChI is InChI=1S/C24H20N2O2/c27-22-15-20-14-21(13-19-7-4-12-26(22)23(19)20)25-24(28)18-10-8-17(9-11-18)16-5-2-1-3-6-16/h1-3,5-6,8-11,13-14H,4,7,12,15H2,(H,25,28). The molecule has 5 rings (SSSR count). The Balaban J connectivity index is 1.38. The van der Waals surface area contributed by atoms with E-state index in [1.165, 1.54) is 0 Å². The Bertz CT molecular complexity index is 1070. The lowest BCUT2D eigenvalue weighted by atomic mass is 9.99. The second-order valence-electron chi connectivity index (χ2n) is 7.37. The topological polar surface area (TPSA) is 49.4 Å². The maximum atomic E-state index is 12.7. The molecule has 0 spiro atoms. The molecule has 0 atom stereocenters. The maximum absolute atomic E-state index is 12.7. The largest absolute Gasteiger partial charge is 0.322 e. The Morgan fingerprint density at radius 3 is 2.39 bits per heavy atom. The summed E-state index contributed by atoms with van der Waals surface area (Å²) in [5.41, 5.74) is 6.84. The first-order valence-corrected chi connectivity index (χ1v) is 9.62. The van der Waals surface area contributed by atoms with Crippen molar-refractivity contribution in [2.75, 3.05) is 16.8 Å². The second-order valence-corrected chi connectivity index (χ2v) is 7.37. The van der Waals surface area contributed by atoms with E-state index in [0.717, 1.165) is 53.0 Å². The number of rotatable bonds is 3. The molecule has 0 unspecified atom stereocenters. The highest BCUT2D eigenvalue weighted by Gasteiger charge is 2.32.